The van der Waals surface area contributed by atoms with Crippen LogP contribution in [0.25, 0.3) is 0 Å². The van der Waals surface area contributed by atoms with E-state index in [2.05, 4.69) is 9.80 Å². The molecule has 0 radical (unpaired) electrons. The number of halogens is 1. The Morgan fingerprint density at radius 3 is 2.30 bits per heavy atom. The van der Waals surface area contributed by atoms with Crippen molar-refractivity contribution in [2.24, 2.45) is 0 Å². The van der Waals surface area contributed by atoms with Gasteiger partial charge in [-0.25, -0.2) is 4.39 Å². The number of carbonyl (C=O) groups excluding carboxylic acids is 2. The number of aryl methyl sites for hydroxylation is 2. The van der Waals surface area contributed by atoms with Crippen LogP contribution in [0.1, 0.15) is 16.7 Å². The maximum atomic E-state index is 14.3. The standard InChI is InChI=1S/C29H29FN4O2S/c1-20-11-12-22(17-21(20)2)34-27(35)18-37-29(34)23-7-3-5-9-25(23)33(28(29)36)19-31-13-15-32(16-14-31)26-10-6-4-8-24(26)30/h3-12,17H,13-16,18-19H2,1-2H3/t29-/m1/s1. The minimum absolute atomic E-state index is 0.0586. The highest BCUT2D eigenvalue weighted by Crippen LogP contribution is 2.55. The van der Waals surface area contributed by atoms with Crippen molar-refractivity contribution < 1.29 is 14.0 Å². The quantitative estimate of drug-likeness (QED) is 0.511. The van der Waals surface area contributed by atoms with E-state index < -0.39 is 4.87 Å². The van der Waals surface area contributed by atoms with Gasteiger partial charge in [-0.3, -0.25) is 24.3 Å². The zero-order valence-electron chi connectivity index (χ0n) is 21.0. The SMILES string of the molecule is Cc1ccc(N2C(=O)CS[C@]23C(=O)N(CN2CCN(c4ccccc4F)CC2)c2ccccc23)cc1C. The lowest BCUT2D eigenvalue weighted by molar-refractivity contribution is -0.124. The Morgan fingerprint density at radius 2 is 1.57 bits per heavy atom. The van der Waals surface area contributed by atoms with Crippen LogP contribution in [0.15, 0.2) is 66.7 Å². The Bertz CT molecular complexity index is 1390. The van der Waals surface area contributed by atoms with Gasteiger partial charge in [0.05, 0.1) is 23.8 Å². The molecule has 0 bridgehead atoms. The van der Waals surface area contributed by atoms with Crippen molar-refractivity contribution in [3.05, 3.63) is 89.2 Å². The molecule has 1 atom stereocenters. The summed E-state index contributed by atoms with van der Waals surface area (Å²) in [7, 11) is 0. The van der Waals surface area contributed by atoms with Gasteiger partial charge in [0.2, 0.25) is 10.8 Å². The number of fused-ring (bicyclic) bond motifs is 2. The molecule has 8 heteroatoms. The second-order valence-corrected chi connectivity index (χ2v) is 11.0. The van der Waals surface area contributed by atoms with Crippen molar-refractivity contribution in [2.75, 3.05) is 53.3 Å². The number of hydrogen-bond acceptors (Lipinski definition) is 5. The Balaban J connectivity index is 1.29. The van der Waals surface area contributed by atoms with Crippen LogP contribution >= 0.6 is 11.8 Å². The second kappa shape index (κ2) is 9.19. The number of para-hydroxylation sites is 2. The molecule has 0 saturated carbocycles. The largest absolute Gasteiger partial charge is 0.367 e. The van der Waals surface area contributed by atoms with Crippen molar-refractivity contribution in [1.82, 2.24) is 4.90 Å². The monoisotopic (exact) mass is 516 g/mol. The predicted molar refractivity (Wildman–Crippen MR) is 147 cm³/mol. The summed E-state index contributed by atoms with van der Waals surface area (Å²) in [6, 6.07) is 20.6. The summed E-state index contributed by atoms with van der Waals surface area (Å²) in [5, 5.41) is 0. The van der Waals surface area contributed by atoms with Crippen LogP contribution in [0.3, 0.4) is 0 Å². The number of nitrogens with zero attached hydrogens (tertiary/aromatic N) is 4. The van der Waals surface area contributed by atoms with Gasteiger partial charge >= 0.3 is 0 Å². The normalized spacial score (nSPS) is 21.9. The van der Waals surface area contributed by atoms with Crippen LogP contribution in [0.2, 0.25) is 0 Å². The predicted octanol–water partition coefficient (Wildman–Crippen LogP) is 4.50. The third-order valence-corrected chi connectivity index (χ3v) is 9.11. The summed E-state index contributed by atoms with van der Waals surface area (Å²) >= 11 is 1.41. The molecular formula is C29H29FN4O2S. The van der Waals surface area contributed by atoms with Crippen molar-refractivity contribution in [1.29, 1.82) is 0 Å². The molecule has 3 aliphatic rings. The van der Waals surface area contributed by atoms with Gasteiger partial charge in [0.1, 0.15) is 5.82 Å². The van der Waals surface area contributed by atoms with Crippen LogP contribution in [-0.2, 0) is 14.5 Å². The van der Waals surface area contributed by atoms with E-state index in [1.807, 2.05) is 73.3 Å². The minimum Gasteiger partial charge on any atom is -0.367 e. The molecule has 0 unspecified atom stereocenters. The van der Waals surface area contributed by atoms with E-state index >= 15 is 0 Å². The van der Waals surface area contributed by atoms with Gasteiger partial charge in [0, 0.05) is 37.4 Å². The first-order valence-corrected chi connectivity index (χ1v) is 13.6. The van der Waals surface area contributed by atoms with Crippen molar-refractivity contribution in [2.45, 2.75) is 18.7 Å². The van der Waals surface area contributed by atoms with Crippen LogP contribution in [-0.4, -0.2) is 55.3 Å². The highest BCUT2D eigenvalue weighted by Gasteiger charge is 2.61. The molecule has 3 heterocycles. The fourth-order valence-corrected chi connectivity index (χ4v) is 6.96. The van der Waals surface area contributed by atoms with Crippen LogP contribution in [0.5, 0.6) is 0 Å². The molecule has 0 aromatic heterocycles. The number of benzene rings is 3. The fraction of sp³-hybridized carbons (Fsp3) is 0.310. The van der Waals surface area contributed by atoms with Gasteiger partial charge in [-0.1, -0.05) is 36.4 Å². The number of rotatable bonds is 4. The van der Waals surface area contributed by atoms with E-state index in [1.54, 1.807) is 11.0 Å². The molecule has 190 valence electrons. The Labute approximate surface area is 220 Å². The average molecular weight is 517 g/mol. The van der Waals surface area contributed by atoms with Gasteiger partial charge in [-0.15, -0.1) is 11.8 Å². The maximum absolute atomic E-state index is 14.3. The molecular weight excluding hydrogens is 487 g/mol. The van der Waals surface area contributed by atoms with Crippen molar-refractivity contribution >= 4 is 40.6 Å². The number of amides is 2. The van der Waals surface area contributed by atoms with Crippen molar-refractivity contribution in [3.63, 3.8) is 0 Å². The molecule has 3 aromatic carbocycles. The molecule has 6 rings (SSSR count). The molecule has 2 fully saturated rings. The smallest absolute Gasteiger partial charge is 0.269 e. The Morgan fingerprint density at radius 1 is 0.865 bits per heavy atom. The van der Waals surface area contributed by atoms with E-state index in [-0.39, 0.29) is 23.4 Å². The summed E-state index contributed by atoms with van der Waals surface area (Å²) in [6.07, 6.45) is 0. The summed E-state index contributed by atoms with van der Waals surface area (Å²) in [5.74, 6) is -0.103. The second-order valence-electron chi connectivity index (χ2n) is 9.88. The highest BCUT2D eigenvalue weighted by molar-refractivity contribution is 8.02. The van der Waals surface area contributed by atoms with Gasteiger partial charge in [-0.2, -0.15) is 0 Å². The van der Waals surface area contributed by atoms with Crippen LogP contribution < -0.4 is 14.7 Å². The van der Waals surface area contributed by atoms with E-state index in [1.165, 1.54) is 17.8 Å². The number of hydrogen-bond donors (Lipinski definition) is 0. The first kappa shape index (κ1) is 24.0. The molecule has 3 aromatic rings. The van der Waals surface area contributed by atoms with E-state index in [0.717, 1.165) is 28.1 Å². The average Bonchev–Trinajstić information content (AvgIpc) is 3.37. The Kier molecular flexibility index (Phi) is 5.96. The van der Waals surface area contributed by atoms with Crippen LogP contribution in [0, 0.1) is 19.7 Å². The third kappa shape index (κ3) is 3.81. The van der Waals surface area contributed by atoms with Gasteiger partial charge in [0.15, 0.2) is 0 Å². The van der Waals surface area contributed by atoms with Gasteiger partial charge in [0.25, 0.3) is 5.91 Å². The van der Waals surface area contributed by atoms with Crippen molar-refractivity contribution in [3.8, 4) is 0 Å². The lowest BCUT2D eigenvalue weighted by atomic mass is 10.0. The van der Waals surface area contributed by atoms with E-state index in [4.69, 9.17) is 0 Å². The molecule has 2 saturated heterocycles. The van der Waals surface area contributed by atoms with Gasteiger partial charge in [-0.05, 0) is 55.3 Å². The minimum atomic E-state index is -1.11. The maximum Gasteiger partial charge on any atom is 0.269 e. The zero-order valence-corrected chi connectivity index (χ0v) is 21.8. The lowest BCUT2D eigenvalue weighted by Gasteiger charge is -2.38. The molecule has 37 heavy (non-hydrogen) atoms. The number of thioether (sulfide) groups is 1. The van der Waals surface area contributed by atoms with E-state index in [0.29, 0.717) is 38.5 Å². The zero-order chi connectivity index (χ0) is 25.7. The highest BCUT2D eigenvalue weighted by atomic mass is 32.2. The topological polar surface area (TPSA) is 47.1 Å². The third-order valence-electron chi connectivity index (χ3n) is 7.72. The molecule has 1 spiro atoms. The Hall–Kier alpha value is -3.36. The molecule has 2 amide bonds. The summed E-state index contributed by atoms with van der Waals surface area (Å²) in [4.78, 5) is 34.3. The molecule has 0 N–H and O–H groups in total. The first-order valence-electron chi connectivity index (χ1n) is 12.6. The summed E-state index contributed by atoms with van der Waals surface area (Å²) in [5.41, 5.74) is 5.31. The van der Waals surface area contributed by atoms with Crippen LogP contribution in [0.4, 0.5) is 21.5 Å². The first-order chi connectivity index (χ1) is 17.9. The number of carbonyl (C=O) groups is 2. The summed E-state index contributed by atoms with van der Waals surface area (Å²) < 4.78 is 14.3. The molecule has 3 aliphatic heterocycles. The number of piperazine rings is 1. The van der Waals surface area contributed by atoms with E-state index in [9.17, 15) is 14.0 Å². The van der Waals surface area contributed by atoms with Gasteiger partial charge < -0.3 is 4.90 Å². The molecule has 0 aliphatic carbocycles. The number of anilines is 3. The summed E-state index contributed by atoms with van der Waals surface area (Å²) in [6.45, 7) is 7.27. The lowest BCUT2D eigenvalue weighted by Crippen LogP contribution is -2.54. The molecule has 6 nitrogen and oxygen atoms in total. The fourth-order valence-electron chi connectivity index (χ4n) is 5.60.